The van der Waals surface area contributed by atoms with Crippen LogP contribution >= 0.6 is 7.82 Å². The number of phosphoric acid groups is 1. The Labute approximate surface area is 429 Å². The molecule has 0 rings (SSSR count). The van der Waals surface area contributed by atoms with E-state index in [1.54, 1.807) is 0 Å². The molecular formula is C58H109O11P. The molecule has 0 aliphatic heterocycles. The fourth-order valence-electron chi connectivity index (χ4n) is 8.39. The van der Waals surface area contributed by atoms with E-state index in [1.165, 1.54) is 154 Å². The Morgan fingerprint density at radius 2 is 0.700 bits per heavy atom. The second-order valence-corrected chi connectivity index (χ2v) is 21.3. The van der Waals surface area contributed by atoms with Gasteiger partial charge in [0.2, 0.25) is 0 Å². The standard InChI is InChI=1S/C58H109O11P/c1-4-7-10-13-16-19-21-23-25-27-29-31-33-36-39-42-45-48-57(61)68-54(50-59)52-66-70(63,64)67-53-55(51-65-56(60)47-44-41-38-35-18-15-12-9-6-3)69-58(62)49-46-43-40-37-34-32-30-28-26-24-22-20-17-14-11-8-5-2/h17,20,24,26,54-55,59H,4-16,18-19,21-23,25,27-53H2,1-3H3,(H,63,64)/b20-17-,26-24-. The zero-order valence-corrected chi connectivity index (χ0v) is 46.4. The molecule has 0 fully saturated rings. The van der Waals surface area contributed by atoms with Gasteiger partial charge in [0.15, 0.2) is 6.10 Å². The van der Waals surface area contributed by atoms with Crippen molar-refractivity contribution in [2.24, 2.45) is 0 Å². The van der Waals surface area contributed by atoms with Crippen molar-refractivity contribution in [2.75, 3.05) is 26.4 Å². The molecule has 0 bridgehead atoms. The number of aliphatic hydroxyl groups excluding tert-OH is 1. The van der Waals surface area contributed by atoms with Crippen LogP contribution < -0.4 is 0 Å². The topological polar surface area (TPSA) is 155 Å². The minimum Gasteiger partial charge on any atom is -0.462 e. The summed E-state index contributed by atoms with van der Waals surface area (Å²) in [5, 5.41) is 9.81. The molecule has 70 heavy (non-hydrogen) atoms. The summed E-state index contributed by atoms with van der Waals surface area (Å²) < 4.78 is 39.5. The van der Waals surface area contributed by atoms with E-state index in [0.717, 1.165) is 77.0 Å². The number of hydrogen-bond acceptors (Lipinski definition) is 10. The zero-order valence-electron chi connectivity index (χ0n) is 45.5. The number of ether oxygens (including phenoxy) is 3. The number of phosphoric ester groups is 1. The number of esters is 3. The number of unbranched alkanes of at least 4 members (excludes halogenated alkanes) is 34. The molecule has 11 nitrogen and oxygen atoms in total. The molecule has 0 spiro atoms. The summed E-state index contributed by atoms with van der Waals surface area (Å²) in [4.78, 5) is 48.4. The summed E-state index contributed by atoms with van der Waals surface area (Å²) in [5.41, 5.74) is 0. The summed E-state index contributed by atoms with van der Waals surface area (Å²) >= 11 is 0. The van der Waals surface area contributed by atoms with Gasteiger partial charge < -0.3 is 24.2 Å². The third-order valence-electron chi connectivity index (χ3n) is 12.9. The lowest BCUT2D eigenvalue weighted by atomic mass is 10.0. The molecule has 0 saturated heterocycles. The minimum atomic E-state index is -4.74. The fraction of sp³-hybridized carbons (Fsp3) is 0.879. The maximum Gasteiger partial charge on any atom is 0.472 e. The molecule has 0 aromatic rings. The first-order valence-corrected chi connectivity index (χ1v) is 30.7. The van der Waals surface area contributed by atoms with Crippen LogP contribution in [0.25, 0.3) is 0 Å². The Hall–Kier alpha value is -2.04. The van der Waals surface area contributed by atoms with Crippen LogP contribution in [0.1, 0.15) is 290 Å². The Bertz CT molecular complexity index is 1270. The molecule has 0 saturated carbocycles. The average molecular weight is 1010 g/mol. The van der Waals surface area contributed by atoms with Crippen LogP contribution in [0.4, 0.5) is 0 Å². The van der Waals surface area contributed by atoms with Gasteiger partial charge in [0, 0.05) is 19.3 Å². The van der Waals surface area contributed by atoms with Crippen LogP contribution in [0.5, 0.6) is 0 Å². The second kappa shape index (κ2) is 53.3. The van der Waals surface area contributed by atoms with E-state index >= 15 is 0 Å². The average Bonchev–Trinajstić information content (AvgIpc) is 3.35. The van der Waals surface area contributed by atoms with Crippen LogP contribution in [0.15, 0.2) is 24.3 Å². The van der Waals surface area contributed by atoms with Crippen LogP contribution in [0.2, 0.25) is 0 Å². The van der Waals surface area contributed by atoms with Gasteiger partial charge in [-0.15, -0.1) is 0 Å². The fourth-order valence-corrected chi connectivity index (χ4v) is 9.17. The Kier molecular flexibility index (Phi) is 51.7. The molecule has 0 aromatic carbocycles. The largest absolute Gasteiger partial charge is 0.472 e. The number of aliphatic hydroxyl groups is 1. The number of allylic oxidation sites excluding steroid dienone is 4. The highest BCUT2D eigenvalue weighted by Gasteiger charge is 2.28. The van der Waals surface area contributed by atoms with Gasteiger partial charge in [0.25, 0.3) is 0 Å². The van der Waals surface area contributed by atoms with Crippen molar-refractivity contribution >= 4 is 25.7 Å². The first-order valence-electron chi connectivity index (χ1n) is 29.2. The number of carbonyl (C=O) groups excluding carboxylic acids is 3. The maximum absolute atomic E-state index is 12.9. The van der Waals surface area contributed by atoms with Crippen LogP contribution in [0, 0.1) is 0 Å². The lowest BCUT2D eigenvalue weighted by Crippen LogP contribution is -2.30. The summed E-state index contributed by atoms with van der Waals surface area (Å²) in [7, 11) is -4.74. The van der Waals surface area contributed by atoms with Gasteiger partial charge in [-0.3, -0.25) is 23.4 Å². The number of rotatable bonds is 55. The Morgan fingerprint density at radius 3 is 1.09 bits per heavy atom. The third-order valence-corrected chi connectivity index (χ3v) is 13.8. The van der Waals surface area contributed by atoms with Crippen molar-refractivity contribution in [2.45, 2.75) is 303 Å². The van der Waals surface area contributed by atoms with E-state index in [2.05, 4.69) is 45.1 Å². The molecule has 0 aliphatic carbocycles. The van der Waals surface area contributed by atoms with Crippen molar-refractivity contribution in [3.63, 3.8) is 0 Å². The van der Waals surface area contributed by atoms with Gasteiger partial charge in [-0.2, -0.15) is 0 Å². The molecule has 0 radical (unpaired) electrons. The van der Waals surface area contributed by atoms with E-state index in [9.17, 15) is 28.9 Å². The van der Waals surface area contributed by atoms with E-state index in [-0.39, 0.29) is 25.9 Å². The predicted octanol–water partition coefficient (Wildman–Crippen LogP) is 17.0. The maximum atomic E-state index is 12.9. The van der Waals surface area contributed by atoms with Crippen molar-refractivity contribution in [1.29, 1.82) is 0 Å². The molecule has 0 aromatic heterocycles. The monoisotopic (exact) mass is 1010 g/mol. The third kappa shape index (κ3) is 50.9. The Morgan fingerprint density at radius 1 is 0.400 bits per heavy atom. The molecular weight excluding hydrogens is 904 g/mol. The highest BCUT2D eigenvalue weighted by atomic mass is 31.2. The molecule has 0 aliphatic rings. The van der Waals surface area contributed by atoms with Crippen molar-refractivity contribution < 1.29 is 52.2 Å². The highest BCUT2D eigenvalue weighted by molar-refractivity contribution is 7.47. The van der Waals surface area contributed by atoms with Crippen molar-refractivity contribution in [1.82, 2.24) is 0 Å². The predicted molar refractivity (Wildman–Crippen MR) is 289 cm³/mol. The van der Waals surface area contributed by atoms with Gasteiger partial charge in [-0.05, 0) is 51.4 Å². The first kappa shape index (κ1) is 68.0. The summed E-state index contributed by atoms with van der Waals surface area (Å²) in [5.74, 6) is -1.45. The van der Waals surface area contributed by atoms with E-state index < -0.39 is 57.8 Å². The van der Waals surface area contributed by atoms with Crippen molar-refractivity contribution in [3.8, 4) is 0 Å². The summed E-state index contributed by atoms with van der Waals surface area (Å²) in [6, 6.07) is 0. The molecule has 2 N–H and O–H groups in total. The summed E-state index contributed by atoms with van der Waals surface area (Å²) in [6.45, 7) is 4.64. The van der Waals surface area contributed by atoms with Gasteiger partial charge in [0.1, 0.15) is 12.7 Å². The zero-order chi connectivity index (χ0) is 51.3. The Balaban J connectivity index is 4.59. The molecule has 3 unspecified atom stereocenters. The SMILES string of the molecule is CCCCC/C=C\C/C=C\CCCCCCCCCC(=O)OC(COC(=O)CCCCCCCCCCC)COP(=O)(O)OCC(CO)OC(=O)CCCCCCCCCCCCCCCCCCC. The minimum absolute atomic E-state index is 0.164. The van der Waals surface area contributed by atoms with Gasteiger partial charge >= 0.3 is 25.7 Å². The molecule has 0 heterocycles. The van der Waals surface area contributed by atoms with Crippen LogP contribution in [0.3, 0.4) is 0 Å². The van der Waals surface area contributed by atoms with Crippen molar-refractivity contribution in [3.05, 3.63) is 24.3 Å². The molecule has 0 amide bonds. The smallest absolute Gasteiger partial charge is 0.462 e. The van der Waals surface area contributed by atoms with Gasteiger partial charge in [-0.25, -0.2) is 4.57 Å². The van der Waals surface area contributed by atoms with Gasteiger partial charge in [-0.1, -0.05) is 244 Å². The van der Waals surface area contributed by atoms with E-state index in [4.69, 9.17) is 23.3 Å². The molecule has 3 atom stereocenters. The van der Waals surface area contributed by atoms with Gasteiger partial charge in [0.05, 0.1) is 19.8 Å². The number of hydrogen-bond donors (Lipinski definition) is 2. The lowest BCUT2D eigenvalue weighted by molar-refractivity contribution is -0.161. The normalized spacial score (nSPS) is 13.5. The quantitative estimate of drug-likeness (QED) is 0.0197. The van der Waals surface area contributed by atoms with Crippen LogP contribution in [-0.4, -0.2) is 66.5 Å². The second-order valence-electron chi connectivity index (χ2n) is 19.8. The first-order chi connectivity index (χ1) is 34.2. The molecule has 412 valence electrons. The number of carbonyl (C=O) groups is 3. The lowest BCUT2D eigenvalue weighted by Gasteiger charge is -2.21. The molecule has 12 heteroatoms. The van der Waals surface area contributed by atoms with E-state index in [0.29, 0.717) is 19.3 Å². The highest BCUT2D eigenvalue weighted by Crippen LogP contribution is 2.43. The van der Waals surface area contributed by atoms with Crippen LogP contribution in [-0.2, 0) is 42.2 Å². The summed E-state index contributed by atoms with van der Waals surface area (Å²) in [6.07, 6.45) is 52.8. The van der Waals surface area contributed by atoms with E-state index in [1.807, 2.05) is 0 Å².